The van der Waals surface area contributed by atoms with Crippen molar-refractivity contribution in [3.8, 4) is 0 Å². The summed E-state index contributed by atoms with van der Waals surface area (Å²) in [5, 5.41) is 14.9. The predicted molar refractivity (Wildman–Crippen MR) is 92.7 cm³/mol. The van der Waals surface area contributed by atoms with Crippen molar-refractivity contribution in [2.24, 2.45) is 5.92 Å². The lowest BCUT2D eigenvalue weighted by atomic mass is 9.85. The van der Waals surface area contributed by atoms with E-state index in [1.807, 2.05) is 12.1 Å². The molecule has 2 N–H and O–H groups in total. The first-order chi connectivity index (χ1) is 11.8. The number of nitrogens with zero attached hydrogens (tertiary/aromatic N) is 3. The lowest BCUT2D eigenvalue weighted by molar-refractivity contribution is -0.122. The molecule has 0 spiro atoms. The molecule has 4 atom stereocenters. The molecule has 2 saturated heterocycles. The number of anilines is 1. The Bertz CT molecular complexity index is 552. The second-order valence-corrected chi connectivity index (χ2v) is 7.42. The fourth-order valence-electron chi connectivity index (χ4n) is 4.66. The van der Waals surface area contributed by atoms with Crippen LogP contribution in [0.3, 0.4) is 0 Å². The van der Waals surface area contributed by atoms with E-state index in [1.54, 1.807) is 6.20 Å². The van der Waals surface area contributed by atoms with E-state index in [4.69, 9.17) is 0 Å². The molecule has 130 valence electrons. The van der Waals surface area contributed by atoms with Gasteiger partial charge in [0, 0.05) is 31.4 Å². The molecule has 6 heteroatoms. The summed E-state index contributed by atoms with van der Waals surface area (Å²) < 4.78 is 0. The number of hydrogen-bond donors (Lipinski definition) is 2. The van der Waals surface area contributed by atoms with Crippen LogP contribution in [0, 0.1) is 5.92 Å². The number of fused-ring (bicyclic) bond motifs is 1. The molecule has 1 aromatic heterocycles. The van der Waals surface area contributed by atoms with E-state index in [-0.39, 0.29) is 11.9 Å². The van der Waals surface area contributed by atoms with Crippen molar-refractivity contribution in [2.45, 2.75) is 63.1 Å². The summed E-state index contributed by atoms with van der Waals surface area (Å²) in [5.41, 5.74) is 0. The zero-order chi connectivity index (χ0) is 16.4. The van der Waals surface area contributed by atoms with Crippen LogP contribution in [0.2, 0.25) is 0 Å². The Morgan fingerprint density at radius 2 is 2.21 bits per heavy atom. The third kappa shape index (κ3) is 3.24. The predicted octanol–water partition coefficient (Wildman–Crippen LogP) is 1.48. The number of hydrogen-bond acceptors (Lipinski definition) is 5. The Morgan fingerprint density at radius 1 is 1.29 bits per heavy atom. The topological polar surface area (TPSA) is 70.2 Å². The van der Waals surface area contributed by atoms with Crippen molar-refractivity contribution in [1.29, 1.82) is 0 Å². The quantitative estimate of drug-likeness (QED) is 0.876. The van der Waals surface area contributed by atoms with Crippen molar-refractivity contribution >= 4 is 11.7 Å². The van der Waals surface area contributed by atoms with Gasteiger partial charge < -0.3 is 15.5 Å². The van der Waals surface area contributed by atoms with Crippen LogP contribution in [-0.4, -0.2) is 47.3 Å². The Labute approximate surface area is 143 Å². The highest BCUT2D eigenvalue weighted by Crippen LogP contribution is 2.33. The highest BCUT2D eigenvalue weighted by atomic mass is 16.2. The van der Waals surface area contributed by atoms with Gasteiger partial charge in [-0.3, -0.25) is 4.79 Å². The maximum Gasteiger partial charge on any atom is 0.237 e. The minimum absolute atomic E-state index is 0.00414. The highest BCUT2D eigenvalue weighted by molar-refractivity contribution is 5.82. The molecule has 1 saturated carbocycles. The number of rotatable bonds is 4. The molecule has 0 radical (unpaired) electrons. The van der Waals surface area contributed by atoms with Gasteiger partial charge in [-0.1, -0.05) is 12.8 Å². The zero-order valence-electron chi connectivity index (χ0n) is 14.2. The monoisotopic (exact) mass is 329 g/mol. The van der Waals surface area contributed by atoms with Crippen LogP contribution in [0.1, 0.15) is 44.9 Å². The molecule has 6 nitrogen and oxygen atoms in total. The second-order valence-electron chi connectivity index (χ2n) is 7.42. The fraction of sp³-hybridized carbons (Fsp3) is 0.722. The molecule has 3 fully saturated rings. The summed E-state index contributed by atoms with van der Waals surface area (Å²) in [4.78, 5) is 14.8. The van der Waals surface area contributed by atoms with E-state index >= 15 is 0 Å². The van der Waals surface area contributed by atoms with Crippen LogP contribution in [0.4, 0.5) is 5.82 Å². The molecule has 3 aliphatic rings. The Balaban J connectivity index is 1.31. The van der Waals surface area contributed by atoms with Gasteiger partial charge in [-0.15, -0.1) is 5.10 Å². The van der Waals surface area contributed by atoms with Gasteiger partial charge in [-0.2, -0.15) is 5.10 Å². The molecular weight excluding hydrogens is 302 g/mol. The summed E-state index contributed by atoms with van der Waals surface area (Å²) in [7, 11) is 0. The van der Waals surface area contributed by atoms with E-state index in [2.05, 4.69) is 25.7 Å². The van der Waals surface area contributed by atoms with Crippen LogP contribution < -0.4 is 15.5 Å². The number of carbonyl (C=O) groups excluding carboxylic acids is 1. The number of carbonyl (C=O) groups is 1. The van der Waals surface area contributed by atoms with Gasteiger partial charge in [0.2, 0.25) is 5.91 Å². The van der Waals surface area contributed by atoms with Crippen molar-refractivity contribution in [1.82, 2.24) is 20.8 Å². The Kier molecular flexibility index (Phi) is 4.65. The molecule has 24 heavy (non-hydrogen) atoms. The second kappa shape index (κ2) is 7.05. The normalized spacial score (nSPS) is 32.6. The van der Waals surface area contributed by atoms with Crippen molar-refractivity contribution in [3.05, 3.63) is 18.3 Å². The van der Waals surface area contributed by atoms with Crippen LogP contribution in [-0.2, 0) is 4.79 Å². The lowest BCUT2D eigenvalue weighted by Gasteiger charge is -2.26. The Hall–Kier alpha value is -1.69. The SMILES string of the molecule is O=C(NCC1CCCN1c1cccnn1)C1CC2CCCCC2N1. The standard InChI is InChI=1S/C18H27N5O/c24-18(16-11-13-5-1-2-7-15(13)21-16)19-12-14-6-4-10-23(14)17-8-3-9-20-22-17/h3,8-9,13-16,21H,1-2,4-7,10-12H2,(H,19,24). The minimum Gasteiger partial charge on any atom is -0.353 e. The maximum absolute atomic E-state index is 12.6. The molecule has 1 amide bonds. The zero-order valence-corrected chi connectivity index (χ0v) is 14.2. The molecule has 0 aromatic carbocycles. The van der Waals surface area contributed by atoms with Crippen molar-refractivity contribution in [2.75, 3.05) is 18.0 Å². The van der Waals surface area contributed by atoms with E-state index < -0.39 is 0 Å². The first-order valence-electron chi connectivity index (χ1n) is 9.39. The molecule has 0 bridgehead atoms. The summed E-state index contributed by atoms with van der Waals surface area (Å²) >= 11 is 0. The minimum atomic E-state index is 0.00414. The van der Waals surface area contributed by atoms with Gasteiger partial charge in [-0.25, -0.2) is 0 Å². The van der Waals surface area contributed by atoms with Crippen molar-refractivity contribution < 1.29 is 4.79 Å². The molecule has 4 rings (SSSR count). The van der Waals surface area contributed by atoms with Crippen LogP contribution in [0.5, 0.6) is 0 Å². The van der Waals surface area contributed by atoms with E-state index in [1.165, 1.54) is 25.7 Å². The summed E-state index contributed by atoms with van der Waals surface area (Å²) in [5.74, 6) is 1.80. The van der Waals surface area contributed by atoms with Crippen LogP contribution in [0.25, 0.3) is 0 Å². The lowest BCUT2D eigenvalue weighted by Crippen LogP contribution is -2.47. The molecule has 1 aromatic rings. The Morgan fingerprint density at radius 3 is 3.04 bits per heavy atom. The van der Waals surface area contributed by atoms with Gasteiger partial charge in [0.15, 0.2) is 5.82 Å². The molecule has 3 heterocycles. The summed E-state index contributed by atoms with van der Waals surface area (Å²) in [6, 6.07) is 4.81. The smallest absolute Gasteiger partial charge is 0.237 e. The van der Waals surface area contributed by atoms with E-state index in [0.717, 1.165) is 31.6 Å². The fourth-order valence-corrected chi connectivity index (χ4v) is 4.66. The molecular formula is C18H27N5O. The van der Waals surface area contributed by atoms with Crippen LogP contribution >= 0.6 is 0 Å². The third-order valence-electron chi connectivity index (χ3n) is 5.92. The van der Waals surface area contributed by atoms with Gasteiger partial charge >= 0.3 is 0 Å². The first kappa shape index (κ1) is 15.8. The van der Waals surface area contributed by atoms with Gasteiger partial charge in [0.05, 0.1) is 6.04 Å². The van der Waals surface area contributed by atoms with E-state index in [0.29, 0.717) is 24.5 Å². The van der Waals surface area contributed by atoms with Crippen molar-refractivity contribution in [3.63, 3.8) is 0 Å². The summed E-state index contributed by atoms with van der Waals surface area (Å²) in [6.45, 7) is 1.69. The molecule has 4 unspecified atom stereocenters. The molecule has 1 aliphatic carbocycles. The first-order valence-corrected chi connectivity index (χ1v) is 9.39. The van der Waals surface area contributed by atoms with E-state index in [9.17, 15) is 4.79 Å². The number of nitrogens with one attached hydrogen (secondary N) is 2. The third-order valence-corrected chi connectivity index (χ3v) is 5.92. The number of amides is 1. The van der Waals surface area contributed by atoms with Gasteiger partial charge in [-0.05, 0) is 50.2 Å². The maximum atomic E-state index is 12.6. The van der Waals surface area contributed by atoms with Gasteiger partial charge in [0.25, 0.3) is 0 Å². The van der Waals surface area contributed by atoms with Gasteiger partial charge in [0.1, 0.15) is 0 Å². The van der Waals surface area contributed by atoms with Crippen LogP contribution in [0.15, 0.2) is 18.3 Å². The average Bonchev–Trinajstić information content (AvgIpc) is 3.27. The largest absolute Gasteiger partial charge is 0.353 e. The average molecular weight is 329 g/mol. The number of aromatic nitrogens is 2. The summed E-state index contributed by atoms with van der Waals surface area (Å²) in [6.07, 6.45) is 10.1. The molecule has 2 aliphatic heterocycles. The highest BCUT2D eigenvalue weighted by Gasteiger charge is 2.38.